The molecule has 0 N–H and O–H groups in total. The lowest BCUT2D eigenvalue weighted by Crippen LogP contribution is -1.92. The monoisotopic (exact) mass is 602 g/mol. The van der Waals surface area contributed by atoms with E-state index in [-0.39, 0.29) is 0 Å². The Bertz CT molecular complexity index is 2310. The second kappa shape index (κ2) is 13.5. The normalized spacial score (nSPS) is 11.1. The molecule has 0 fully saturated rings. The van der Waals surface area contributed by atoms with Crippen molar-refractivity contribution < 1.29 is 0 Å². The minimum atomic E-state index is 0.955. The van der Waals surface area contributed by atoms with Crippen LogP contribution in [0, 0.1) is 0 Å². The molecule has 2 heteroatoms. The highest BCUT2D eigenvalue weighted by Gasteiger charge is 2.17. The molecule has 6 aromatic carbocycles. The van der Waals surface area contributed by atoms with Gasteiger partial charge in [0, 0.05) is 29.7 Å². The molecule has 0 unspecified atom stereocenters. The summed E-state index contributed by atoms with van der Waals surface area (Å²) >= 11 is 0. The molecule has 0 saturated heterocycles. The Morgan fingerprint density at radius 1 is 0.489 bits per heavy atom. The molecule has 0 aliphatic rings. The lowest BCUT2D eigenvalue weighted by Gasteiger charge is -2.18. The quantitative estimate of drug-likeness (QED) is 0.145. The molecule has 0 atom stereocenters. The second-order valence-electron chi connectivity index (χ2n) is 11.4. The highest BCUT2D eigenvalue weighted by atomic mass is 14.7. The SMILES string of the molecule is C=C/C=C\C.c1cc(-c2ccc(-c3ccncc3)cn2)cc(-c2c3ccccc3c(-c3ccc4ccccc4c3)c3ccccc23)c1. The van der Waals surface area contributed by atoms with Crippen LogP contribution < -0.4 is 0 Å². The van der Waals surface area contributed by atoms with Gasteiger partial charge in [-0.2, -0.15) is 0 Å². The van der Waals surface area contributed by atoms with Gasteiger partial charge in [-0.25, -0.2) is 0 Å². The van der Waals surface area contributed by atoms with E-state index in [1.807, 2.05) is 49.8 Å². The molecule has 0 spiro atoms. The Morgan fingerprint density at radius 3 is 1.64 bits per heavy atom. The van der Waals surface area contributed by atoms with Crippen LogP contribution in [0.2, 0.25) is 0 Å². The lowest BCUT2D eigenvalue weighted by atomic mass is 9.85. The van der Waals surface area contributed by atoms with Crippen molar-refractivity contribution in [2.45, 2.75) is 6.92 Å². The number of nitrogens with zero attached hydrogens (tertiary/aromatic N) is 2. The molecule has 224 valence electrons. The summed E-state index contributed by atoms with van der Waals surface area (Å²) in [6.07, 6.45) is 11.1. The van der Waals surface area contributed by atoms with E-state index in [2.05, 4.69) is 139 Å². The van der Waals surface area contributed by atoms with Crippen LogP contribution in [0.15, 0.2) is 183 Å². The van der Waals surface area contributed by atoms with E-state index in [0.717, 1.165) is 22.4 Å². The third kappa shape index (κ3) is 5.97. The Morgan fingerprint density at radius 2 is 1.06 bits per heavy atom. The van der Waals surface area contributed by atoms with E-state index in [1.165, 1.54) is 54.6 Å². The third-order valence-electron chi connectivity index (χ3n) is 8.52. The molecule has 0 bridgehead atoms. The van der Waals surface area contributed by atoms with Crippen LogP contribution >= 0.6 is 0 Å². The molecule has 8 aromatic rings. The highest BCUT2D eigenvalue weighted by molar-refractivity contribution is 6.21. The molecule has 0 saturated carbocycles. The number of benzene rings is 6. The van der Waals surface area contributed by atoms with Gasteiger partial charge in [0.2, 0.25) is 0 Å². The molecular formula is C45H34N2. The number of hydrogen-bond acceptors (Lipinski definition) is 2. The summed E-state index contributed by atoms with van der Waals surface area (Å²) in [6.45, 7) is 5.42. The summed E-state index contributed by atoms with van der Waals surface area (Å²) in [6, 6.07) is 50.1. The summed E-state index contributed by atoms with van der Waals surface area (Å²) in [5, 5.41) is 7.52. The van der Waals surface area contributed by atoms with Crippen molar-refractivity contribution in [3.05, 3.63) is 183 Å². The van der Waals surface area contributed by atoms with Crippen molar-refractivity contribution in [3.8, 4) is 44.6 Å². The van der Waals surface area contributed by atoms with Crippen LogP contribution in [0.1, 0.15) is 6.92 Å². The van der Waals surface area contributed by atoms with Crippen molar-refractivity contribution in [1.29, 1.82) is 0 Å². The molecule has 47 heavy (non-hydrogen) atoms. The van der Waals surface area contributed by atoms with Gasteiger partial charge in [0.25, 0.3) is 0 Å². The van der Waals surface area contributed by atoms with E-state index in [0.29, 0.717) is 0 Å². The average molecular weight is 603 g/mol. The van der Waals surface area contributed by atoms with E-state index in [9.17, 15) is 0 Å². The van der Waals surface area contributed by atoms with Gasteiger partial charge < -0.3 is 0 Å². The van der Waals surface area contributed by atoms with Crippen molar-refractivity contribution >= 4 is 32.3 Å². The molecule has 0 amide bonds. The molecule has 2 aromatic heterocycles. The van der Waals surface area contributed by atoms with Crippen LogP contribution in [-0.4, -0.2) is 9.97 Å². The fraction of sp³-hybridized carbons (Fsp3) is 0.0222. The standard InChI is InChI=1S/C40H26N2.C5H8/c1-2-9-29-24-32(17-16-27(29)8-1)40-36-14-5-3-12-34(36)39(35-13-4-6-15-37(35)40)31-11-7-10-30(25-31)38-19-18-33(26-42-38)28-20-22-41-23-21-28;1-3-5-4-2/h1-26H;3-5H,1H2,2H3/b;5-4-. The largest absolute Gasteiger partial charge is 0.265 e. The minimum absolute atomic E-state index is 0.955. The van der Waals surface area contributed by atoms with Crippen LogP contribution in [-0.2, 0) is 0 Å². The first-order valence-corrected chi connectivity index (χ1v) is 15.9. The number of hydrogen-bond donors (Lipinski definition) is 0. The Hall–Kier alpha value is -6.12. The number of pyridine rings is 2. The summed E-state index contributed by atoms with van der Waals surface area (Å²) in [5.41, 5.74) is 9.20. The number of aromatic nitrogens is 2. The van der Waals surface area contributed by atoms with Crippen LogP contribution in [0.25, 0.3) is 77.0 Å². The zero-order valence-corrected chi connectivity index (χ0v) is 26.3. The molecule has 2 nitrogen and oxygen atoms in total. The average Bonchev–Trinajstić information content (AvgIpc) is 3.14. The maximum Gasteiger partial charge on any atom is 0.0702 e. The van der Waals surface area contributed by atoms with Gasteiger partial charge in [0.15, 0.2) is 0 Å². The summed E-state index contributed by atoms with van der Waals surface area (Å²) in [5.74, 6) is 0. The number of allylic oxidation sites excluding steroid dienone is 3. The predicted octanol–water partition coefficient (Wildman–Crippen LogP) is 12.4. The first kappa shape index (κ1) is 29.6. The van der Waals surface area contributed by atoms with Crippen molar-refractivity contribution in [2.24, 2.45) is 0 Å². The van der Waals surface area contributed by atoms with E-state index in [1.54, 1.807) is 6.08 Å². The maximum absolute atomic E-state index is 4.84. The molecule has 0 radical (unpaired) electrons. The van der Waals surface area contributed by atoms with E-state index >= 15 is 0 Å². The van der Waals surface area contributed by atoms with Crippen molar-refractivity contribution in [1.82, 2.24) is 9.97 Å². The molecule has 0 aliphatic carbocycles. The highest BCUT2D eigenvalue weighted by Crippen LogP contribution is 2.44. The summed E-state index contributed by atoms with van der Waals surface area (Å²) in [4.78, 5) is 8.97. The smallest absolute Gasteiger partial charge is 0.0702 e. The van der Waals surface area contributed by atoms with Gasteiger partial charge in [-0.1, -0.05) is 134 Å². The predicted molar refractivity (Wildman–Crippen MR) is 201 cm³/mol. The lowest BCUT2D eigenvalue weighted by molar-refractivity contribution is 1.30. The van der Waals surface area contributed by atoms with E-state index in [4.69, 9.17) is 4.98 Å². The second-order valence-corrected chi connectivity index (χ2v) is 11.4. The maximum atomic E-state index is 4.84. The number of rotatable bonds is 5. The Labute approximate surface area is 276 Å². The summed E-state index contributed by atoms with van der Waals surface area (Å²) < 4.78 is 0. The first-order valence-electron chi connectivity index (χ1n) is 15.9. The Kier molecular flexibility index (Phi) is 8.48. The third-order valence-corrected chi connectivity index (χ3v) is 8.52. The number of fused-ring (bicyclic) bond motifs is 3. The fourth-order valence-corrected chi connectivity index (χ4v) is 6.35. The van der Waals surface area contributed by atoms with E-state index < -0.39 is 0 Å². The van der Waals surface area contributed by atoms with Gasteiger partial charge in [-0.05, 0) is 97.4 Å². The van der Waals surface area contributed by atoms with Gasteiger partial charge in [0.05, 0.1) is 5.69 Å². The van der Waals surface area contributed by atoms with Gasteiger partial charge in [0.1, 0.15) is 0 Å². The minimum Gasteiger partial charge on any atom is -0.265 e. The van der Waals surface area contributed by atoms with Crippen LogP contribution in [0.5, 0.6) is 0 Å². The molecular weight excluding hydrogens is 569 g/mol. The van der Waals surface area contributed by atoms with Crippen molar-refractivity contribution in [3.63, 3.8) is 0 Å². The topological polar surface area (TPSA) is 25.8 Å². The molecule has 0 aliphatic heterocycles. The zero-order valence-electron chi connectivity index (χ0n) is 26.3. The molecule has 2 heterocycles. The van der Waals surface area contributed by atoms with Crippen molar-refractivity contribution in [2.75, 3.05) is 0 Å². The fourth-order valence-electron chi connectivity index (χ4n) is 6.35. The van der Waals surface area contributed by atoms with Crippen LogP contribution in [0.4, 0.5) is 0 Å². The zero-order chi connectivity index (χ0) is 32.0. The summed E-state index contributed by atoms with van der Waals surface area (Å²) in [7, 11) is 0. The van der Waals surface area contributed by atoms with Gasteiger partial charge in [-0.15, -0.1) is 0 Å². The van der Waals surface area contributed by atoms with Crippen LogP contribution in [0.3, 0.4) is 0 Å². The Balaban J connectivity index is 0.000000656. The molecule has 8 rings (SSSR count). The first-order chi connectivity index (χ1) is 23.2. The van der Waals surface area contributed by atoms with Gasteiger partial charge >= 0.3 is 0 Å². The van der Waals surface area contributed by atoms with Gasteiger partial charge in [-0.3, -0.25) is 9.97 Å².